The summed E-state index contributed by atoms with van der Waals surface area (Å²) in [6, 6.07) is 14.6. The molecule has 1 aliphatic heterocycles. The zero-order chi connectivity index (χ0) is 24.5. The lowest BCUT2D eigenvalue weighted by molar-refractivity contribution is -0.115. The number of hydrogen-bond donors (Lipinski definition) is 1. The summed E-state index contributed by atoms with van der Waals surface area (Å²) in [6.07, 6.45) is 2.36. The predicted octanol–water partition coefficient (Wildman–Crippen LogP) is 5.48. The van der Waals surface area contributed by atoms with Gasteiger partial charge in [-0.1, -0.05) is 56.1 Å². The number of nitrogens with zero attached hydrogens (tertiary/aromatic N) is 2. The molecule has 9 heteroatoms. The van der Waals surface area contributed by atoms with Crippen LogP contribution in [0.25, 0.3) is 0 Å². The van der Waals surface area contributed by atoms with E-state index in [4.69, 9.17) is 16.6 Å². The van der Waals surface area contributed by atoms with Crippen molar-refractivity contribution in [3.63, 3.8) is 0 Å². The number of thiazole rings is 1. The van der Waals surface area contributed by atoms with E-state index in [0.29, 0.717) is 11.0 Å². The minimum absolute atomic E-state index is 0.159. The smallest absolute Gasteiger partial charge is 0.230 e. The molecule has 0 saturated heterocycles. The summed E-state index contributed by atoms with van der Waals surface area (Å²) in [5.74, 6) is 0.255. The minimum Gasteiger partial charge on any atom is -0.302 e. The molecule has 0 fully saturated rings. The molecule has 0 bridgehead atoms. The molecule has 4 rings (SSSR count). The quantitative estimate of drug-likeness (QED) is 0.427. The molecule has 0 aliphatic carbocycles. The summed E-state index contributed by atoms with van der Waals surface area (Å²) in [4.78, 5) is 21.3. The number of nitrogens with one attached hydrogen (secondary N) is 1. The van der Waals surface area contributed by atoms with E-state index in [-0.39, 0.29) is 23.3 Å². The van der Waals surface area contributed by atoms with E-state index >= 15 is 0 Å². The van der Waals surface area contributed by atoms with Crippen LogP contribution >= 0.6 is 22.9 Å². The van der Waals surface area contributed by atoms with E-state index in [2.05, 4.69) is 36.2 Å². The Hall–Kier alpha value is -2.26. The maximum atomic E-state index is 12.6. The van der Waals surface area contributed by atoms with Gasteiger partial charge in [0.1, 0.15) is 0 Å². The third kappa shape index (κ3) is 5.68. The van der Waals surface area contributed by atoms with Crippen molar-refractivity contribution in [1.82, 2.24) is 9.88 Å². The molecule has 3 aromatic rings. The number of carbonyl (C=O) groups excluding carboxylic acids is 1. The third-order valence-corrected chi connectivity index (χ3v) is 8.54. The summed E-state index contributed by atoms with van der Waals surface area (Å²) in [7, 11) is -3.26. The summed E-state index contributed by atoms with van der Waals surface area (Å²) in [5.41, 5.74) is 3.02. The Bertz CT molecular complexity index is 1270. The maximum absolute atomic E-state index is 12.6. The molecular weight excluding hydrogens is 490 g/mol. The number of carbonyl (C=O) groups is 1. The van der Waals surface area contributed by atoms with E-state index < -0.39 is 9.84 Å². The van der Waals surface area contributed by atoms with Crippen LogP contribution in [-0.4, -0.2) is 30.5 Å². The van der Waals surface area contributed by atoms with Crippen LogP contribution < -0.4 is 5.32 Å². The molecule has 1 unspecified atom stereocenters. The van der Waals surface area contributed by atoms with E-state index in [0.717, 1.165) is 35.8 Å². The summed E-state index contributed by atoms with van der Waals surface area (Å²) < 4.78 is 23.2. The van der Waals surface area contributed by atoms with Crippen molar-refractivity contribution in [2.75, 3.05) is 11.6 Å². The van der Waals surface area contributed by atoms with Crippen LogP contribution in [0.3, 0.4) is 0 Å². The van der Waals surface area contributed by atoms with Crippen LogP contribution in [0.1, 0.15) is 48.0 Å². The highest BCUT2D eigenvalue weighted by atomic mass is 35.5. The number of halogens is 1. The summed E-state index contributed by atoms with van der Waals surface area (Å²) in [6.45, 7) is 6.05. The van der Waals surface area contributed by atoms with Crippen molar-refractivity contribution in [1.29, 1.82) is 0 Å². The molecule has 1 amide bonds. The van der Waals surface area contributed by atoms with E-state index in [1.54, 1.807) is 12.1 Å². The number of sulfone groups is 1. The number of aromatic nitrogens is 1. The Morgan fingerprint density at radius 3 is 2.44 bits per heavy atom. The van der Waals surface area contributed by atoms with Gasteiger partial charge in [-0.3, -0.25) is 9.69 Å². The van der Waals surface area contributed by atoms with Gasteiger partial charge in [0.2, 0.25) is 5.91 Å². The van der Waals surface area contributed by atoms with Gasteiger partial charge >= 0.3 is 0 Å². The highest BCUT2D eigenvalue weighted by Crippen LogP contribution is 2.44. The molecule has 6 nitrogen and oxygen atoms in total. The second-order valence-electron chi connectivity index (χ2n) is 8.83. The Morgan fingerprint density at radius 2 is 1.82 bits per heavy atom. The molecule has 0 spiro atoms. The minimum atomic E-state index is -3.26. The number of benzene rings is 2. The van der Waals surface area contributed by atoms with Crippen molar-refractivity contribution in [3.8, 4) is 0 Å². The topological polar surface area (TPSA) is 79.4 Å². The van der Waals surface area contributed by atoms with Crippen molar-refractivity contribution in [2.24, 2.45) is 5.92 Å². The van der Waals surface area contributed by atoms with E-state index in [9.17, 15) is 13.2 Å². The van der Waals surface area contributed by atoms with Crippen LogP contribution in [0.15, 0.2) is 53.4 Å². The van der Waals surface area contributed by atoms with Gasteiger partial charge in [0.25, 0.3) is 0 Å². The predicted molar refractivity (Wildman–Crippen MR) is 137 cm³/mol. The summed E-state index contributed by atoms with van der Waals surface area (Å²) in [5, 5.41) is 4.28. The maximum Gasteiger partial charge on any atom is 0.230 e. The van der Waals surface area contributed by atoms with E-state index in [1.807, 2.05) is 12.1 Å². The summed E-state index contributed by atoms with van der Waals surface area (Å²) >= 11 is 7.57. The largest absolute Gasteiger partial charge is 0.302 e. The van der Waals surface area contributed by atoms with Crippen molar-refractivity contribution in [3.05, 3.63) is 75.3 Å². The molecule has 2 atom stereocenters. The first-order chi connectivity index (χ1) is 16.1. The number of anilines is 1. The zero-order valence-electron chi connectivity index (χ0n) is 19.4. The lowest BCUT2D eigenvalue weighted by atomic mass is 9.96. The zero-order valence-corrected chi connectivity index (χ0v) is 21.8. The van der Waals surface area contributed by atoms with Crippen LogP contribution in [-0.2, 0) is 34.1 Å². The van der Waals surface area contributed by atoms with Gasteiger partial charge in [-0.25, -0.2) is 13.4 Å². The Balaban J connectivity index is 1.44. The highest BCUT2D eigenvalue weighted by Gasteiger charge is 2.37. The monoisotopic (exact) mass is 517 g/mol. The lowest BCUT2D eigenvalue weighted by Crippen LogP contribution is -2.27. The number of fused-ring (bicyclic) bond motifs is 1. The van der Waals surface area contributed by atoms with Crippen LogP contribution in [0.2, 0.25) is 5.02 Å². The van der Waals surface area contributed by atoms with Gasteiger partial charge < -0.3 is 5.32 Å². The average Bonchev–Trinajstić information content (AvgIpc) is 3.31. The second kappa shape index (κ2) is 10.2. The highest BCUT2D eigenvalue weighted by molar-refractivity contribution is 7.90. The molecule has 34 heavy (non-hydrogen) atoms. The van der Waals surface area contributed by atoms with Gasteiger partial charge in [0.15, 0.2) is 15.0 Å². The first kappa shape index (κ1) is 24.9. The van der Waals surface area contributed by atoms with Crippen LogP contribution in [0, 0.1) is 5.92 Å². The van der Waals surface area contributed by atoms with Gasteiger partial charge in [-0.2, -0.15) is 0 Å². The molecule has 0 saturated carbocycles. The Labute approximate surface area is 209 Å². The third-order valence-electron chi connectivity index (χ3n) is 6.19. The van der Waals surface area contributed by atoms with Gasteiger partial charge in [-0.15, -0.1) is 11.3 Å². The average molecular weight is 518 g/mol. The molecule has 0 radical (unpaired) electrons. The van der Waals surface area contributed by atoms with Gasteiger partial charge in [0, 0.05) is 29.2 Å². The standard InChI is InChI=1S/C25H28ClN3O3S2/c1-4-16(2)24-23-21(15-29(24)14-18-5-9-19(26)10-6-18)33-25(28-23)27-22(30)13-17-7-11-20(12-8-17)34(3,31)32/h5-12,16,24H,4,13-15H2,1-3H3,(H,27,28,30)/t16-,24?/m0/s1. The van der Waals surface area contributed by atoms with Gasteiger partial charge in [0.05, 0.1) is 23.1 Å². The fraction of sp³-hybridized carbons (Fsp3) is 0.360. The molecule has 1 aromatic heterocycles. The molecular formula is C25H28ClN3O3S2. The molecule has 1 N–H and O–H groups in total. The first-order valence-corrected chi connectivity index (χ1v) is 14.3. The first-order valence-electron chi connectivity index (χ1n) is 11.2. The lowest BCUT2D eigenvalue weighted by Gasteiger charge is -2.29. The SMILES string of the molecule is CC[C@H](C)C1c2nc(NC(=O)Cc3ccc(S(C)(=O)=O)cc3)sc2CN1Cc1ccc(Cl)cc1. The number of hydrogen-bond acceptors (Lipinski definition) is 6. The van der Waals surface area contributed by atoms with Crippen molar-refractivity contribution in [2.45, 2.75) is 50.7 Å². The normalized spacial score (nSPS) is 16.9. The molecule has 2 aromatic carbocycles. The number of rotatable bonds is 8. The van der Waals surface area contributed by atoms with Crippen LogP contribution in [0.5, 0.6) is 0 Å². The fourth-order valence-electron chi connectivity index (χ4n) is 4.25. The van der Waals surface area contributed by atoms with Crippen molar-refractivity contribution >= 4 is 43.8 Å². The molecule has 180 valence electrons. The van der Waals surface area contributed by atoms with E-state index in [1.165, 1.54) is 40.2 Å². The Kier molecular flexibility index (Phi) is 7.42. The Morgan fingerprint density at radius 1 is 1.18 bits per heavy atom. The molecule has 1 aliphatic rings. The second-order valence-corrected chi connectivity index (χ2v) is 12.4. The van der Waals surface area contributed by atoms with Crippen LogP contribution in [0.4, 0.5) is 5.13 Å². The fourth-order valence-corrected chi connectivity index (χ4v) is 6.05. The number of amides is 1. The van der Waals surface area contributed by atoms with Gasteiger partial charge in [-0.05, 0) is 41.3 Å². The van der Waals surface area contributed by atoms with Crippen molar-refractivity contribution < 1.29 is 13.2 Å². The molecule has 2 heterocycles.